The van der Waals surface area contributed by atoms with Crippen molar-refractivity contribution in [3.05, 3.63) is 52.5 Å². The van der Waals surface area contributed by atoms with Crippen molar-refractivity contribution < 1.29 is 0 Å². The molecule has 1 nitrogen and oxygen atoms in total. The second-order valence-corrected chi connectivity index (χ2v) is 5.81. The quantitative estimate of drug-likeness (QED) is 0.614. The molecule has 1 aromatic heterocycles. The fourth-order valence-electron chi connectivity index (χ4n) is 1.84. The van der Waals surface area contributed by atoms with Gasteiger partial charge < -0.3 is 0 Å². The van der Waals surface area contributed by atoms with E-state index in [1.165, 1.54) is 15.8 Å². The van der Waals surface area contributed by atoms with Gasteiger partial charge in [0.2, 0.25) is 0 Å². The van der Waals surface area contributed by atoms with Gasteiger partial charge in [0.1, 0.15) is 5.01 Å². The predicted molar refractivity (Wildman–Crippen MR) is 77.5 cm³/mol. The minimum absolute atomic E-state index is 1.05. The van der Waals surface area contributed by atoms with Gasteiger partial charge in [-0.25, -0.2) is 4.98 Å². The Morgan fingerprint density at radius 2 is 1.88 bits per heavy atom. The highest BCUT2D eigenvalue weighted by atomic mass is 79.9. The number of aryl methyl sites for hydroxylation is 1. The predicted octanol–water partition coefficient (Wildman–Crippen LogP) is 5.03. The fraction of sp³-hybridized carbons (Fsp3) is 0.0714. The molecule has 0 aliphatic heterocycles. The van der Waals surface area contributed by atoms with Crippen LogP contribution in [0.1, 0.15) is 5.56 Å². The van der Waals surface area contributed by atoms with Crippen molar-refractivity contribution in [2.75, 3.05) is 0 Å². The second kappa shape index (κ2) is 4.24. The molecule has 0 unspecified atom stereocenters. The molecule has 0 fully saturated rings. The molecule has 3 aromatic rings. The fourth-order valence-corrected chi connectivity index (χ4v) is 3.51. The molecule has 0 spiro atoms. The first kappa shape index (κ1) is 10.9. The van der Waals surface area contributed by atoms with E-state index in [0.717, 1.165) is 15.0 Å². The van der Waals surface area contributed by atoms with Crippen LogP contribution in [0.3, 0.4) is 0 Å². The highest BCUT2D eigenvalue weighted by molar-refractivity contribution is 9.10. The minimum atomic E-state index is 1.05. The van der Waals surface area contributed by atoms with Crippen molar-refractivity contribution >= 4 is 37.5 Å². The number of hydrogen-bond donors (Lipinski definition) is 0. The second-order valence-electron chi connectivity index (χ2n) is 3.92. The van der Waals surface area contributed by atoms with E-state index < -0.39 is 0 Å². The van der Waals surface area contributed by atoms with Crippen LogP contribution < -0.4 is 0 Å². The number of fused-ring (bicyclic) bond motifs is 1. The zero-order chi connectivity index (χ0) is 11.8. The number of halogens is 1. The van der Waals surface area contributed by atoms with Crippen LogP contribution in [-0.4, -0.2) is 4.98 Å². The third-order valence-corrected chi connectivity index (χ3v) is 4.44. The summed E-state index contributed by atoms with van der Waals surface area (Å²) in [6.45, 7) is 2.12. The van der Waals surface area contributed by atoms with Crippen molar-refractivity contribution in [1.29, 1.82) is 0 Å². The molecule has 2 aromatic carbocycles. The van der Waals surface area contributed by atoms with Gasteiger partial charge in [0.05, 0.1) is 10.2 Å². The average Bonchev–Trinajstić information content (AvgIpc) is 2.75. The van der Waals surface area contributed by atoms with Crippen molar-refractivity contribution in [3.63, 3.8) is 0 Å². The SMILES string of the molecule is Cc1ccccc1-c1nc2c(Br)cccc2s1. The number of rotatable bonds is 1. The Labute approximate surface area is 112 Å². The highest BCUT2D eigenvalue weighted by Gasteiger charge is 2.09. The summed E-state index contributed by atoms with van der Waals surface area (Å²) in [6, 6.07) is 14.6. The van der Waals surface area contributed by atoms with Crippen molar-refractivity contribution in [2.45, 2.75) is 6.92 Å². The lowest BCUT2D eigenvalue weighted by Gasteiger charge is -1.99. The van der Waals surface area contributed by atoms with E-state index in [4.69, 9.17) is 4.98 Å². The lowest BCUT2D eigenvalue weighted by atomic mass is 10.1. The molecule has 0 N–H and O–H groups in total. The lowest BCUT2D eigenvalue weighted by molar-refractivity contribution is 1.41. The molecule has 0 bridgehead atoms. The third-order valence-electron chi connectivity index (χ3n) is 2.75. The Hall–Kier alpha value is -1.19. The average molecular weight is 304 g/mol. The van der Waals surface area contributed by atoms with E-state index in [2.05, 4.69) is 53.2 Å². The number of aromatic nitrogens is 1. The van der Waals surface area contributed by atoms with E-state index in [1.54, 1.807) is 11.3 Å². The Kier molecular flexibility index (Phi) is 2.73. The molecule has 0 amide bonds. The number of benzene rings is 2. The molecule has 0 aliphatic rings. The Morgan fingerprint density at radius 3 is 2.65 bits per heavy atom. The molecule has 0 radical (unpaired) electrons. The van der Waals surface area contributed by atoms with Crippen molar-refractivity contribution in [2.24, 2.45) is 0 Å². The molecule has 3 heteroatoms. The summed E-state index contributed by atoms with van der Waals surface area (Å²) >= 11 is 5.28. The first-order chi connectivity index (χ1) is 8.25. The van der Waals surface area contributed by atoms with E-state index >= 15 is 0 Å². The smallest absolute Gasteiger partial charge is 0.124 e. The summed E-state index contributed by atoms with van der Waals surface area (Å²) < 4.78 is 2.28. The van der Waals surface area contributed by atoms with Gasteiger partial charge in [-0.2, -0.15) is 0 Å². The van der Waals surface area contributed by atoms with Gasteiger partial charge in [-0.1, -0.05) is 30.3 Å². The van der Waals surface area contributed by atoms with Crippen LogP contribution in [0.5, 0.6) is 0 Å². The van der Waals surface area contributed by atoms with E-state index in [-0.39, 0.29) is 0 Å². The first-order valence-electron chi connectivity index (χ1n) is 5.37. The van der Waals surface area contributed by atoms with E-state index in [1.807, 2.05) is 12.1 Å². The van der Waals surface area contributed by atoms with Gasteiger partial charge in [0.15, 0.2) is 0 Å². The van der Waals surface area contributed by atoms with E-state index in [9.17, 15) is 0 Å². The number of thiazole rings is 1. The molecule has 84 valence electrons. The van der Waals surface area contributed by atoms with Gasteiger partial charge in [-0.15, -0.1) is 11.3 Å². The van der Waals surface area contributed by atoms with Crippen molar-refractivity contribution in [1.82, 2.24) is 4.98 Å². The van der Waals surface area contributed by atoms with Crippen molar-refractivity contribution in [3.8, 4) is 10.6 Å². The van der Waals surface area contributed by atoms with Crippen LogP contribution in [-0.2, 0) is 0 Å². The zero-order valence-electron chi connectivity index (χ0n) is 9.27. The maximum absolute atomic E-state index is 4.71. The van der Waals surface area contributed by atoms with Gasteiger partial charge in [-0.3, -0.25) is 0 Å². The summed E-state index contributed by atoms with van der Waals surface area (Å²) in [5.41, 5.74) is 3.54. The molecule has 0 atom stereocenters. The summed E-state index contributed by atoms with van der Waals surface area (Å²) in [5, 5.41) is 1.09. The van der Waals surface area contributed by atoms with Gasteiger partial charge in [0.25, 0.3) is 0 Å². The summed E-state index contributed by atoms with van der Waals surface area (Å²) in [4.78, 5) is 4.71. The van der Waals surface area contributed by atoms with Gasteiger partial charge in [0, 0.05) is 10.0 Å². The van der Waals surface area contributed by atoms with Crippen LogP contribution in [0.2, 0.25) is 0 Å². The molecule has 0 saturated heterocycles. The van der Waals surface area contributed by atoms with Crippen LogP contribution >= 0.6 is 27.3 Å². The van der Waals surface area contributed by atoms with Gasteiger partial charge in [-0.05, 0) is 40.5 Å². The van der Waals surface area contributed by atoms with Crippen LogP contribution in [0.15, 0.2) is 46.9 Å². The molecule has 1 heterocycles. The van der Waals surface area contributed by atoms with Crippen LogP contribution in [0, 0.1) is 6.92 Å². The Balaban J connectivity index is 2.26. The summed E-state index contributed by atoms with van der Waals surface area (Å²) in [7, 11) is 0. The molecule has 3 rings (SSSR count). The summed E-state index contributed by atoms with van der Waals surface area (Å²) in [6.07, 6.45) is 0. The Morgan fingerprint density at radius 1 is 1.06 bits per heavy atom. The summed E-state index contributed by atoms with van der Waals surface area (Å²) in [5.74, 6) is 0. The third kappa shape index (κ3) is 1.90. The standard InChI is InChI=1S/C14H10BrNS/c1-9-5-2-3-6-10(9)14-16-13-11(15)7-4-8-12(13)17-14/h2-8H,1H3. The molecule has 0 saturated carbocycles. The van der Waals surface area contributed by atoms with Gasteiger partial charge >= 0.3 is 0 Å². The topological polar surface area (TPSA) is 12.9 Å². The number of nitrogens with zero attached hydrogens (tertiary/aromatic N) is 1. The highest BCUT2D eigenvalue weighted by Crippen LogP contribution is 2.34. The maximum atomic E-state index is 4.71. The largest absolute Gasteiger partial charge is 0.235 e. The molecule has 0 aliphatic carbocycles. The van der Waals surface area contributed by atoms with E-state index in [0.29, 0.717) is 0 Å². The number of para-hydroxylation sites is 1. The molecular formula is C14H10BrNS. The zero-order valence-corrected chi connectivity index (χ0v) is 11.7. The Bertz CT molecular complexity index is 688. The lowest BCUT2D eigenvalue weighted by Crippen LogP contribution is -1.80. The number of hydrogen-bond acceptors (Lipinski definition) is 2. The normalized spacial score (nSPS) is 10.9. The minimum Gasteiger partial charge on any atom is -0.235 e. The molecule has 17 heavy (non-hydrogen) atoms. The first-order valence-corrected chi connectivity index (χ1v) is 6.98. The van der Waals surface area contributed by atoms with Crippen LogP contribution in [0.25, 0.3) is 20.8 Å². The monoisotopic (exact) mass is 303 g/mol. The maximum Gasteiger partial charge on any atom is 0.124 e. The van der Waals surface area contributed by atoms with Crippen LogP contribution in [0.4, 0.5) is 0 Å². The molecular weight excluding hydrogens is 294 g/mol.